The third-order valence-corrected chi connectivity index (χ3v) is 3.89. The Morgan fingerprint density at radius 1 is 1.00 bits per heavy atom. The van der Waals surface area contributed by atoms with Gasteiger partial charge in [0.05, 0.1) is 13.2 Å². The van der Waals surface area contributed by atoms with Gasteiger partial charge in [0.25, 0.3) is 0 Å². The summed E-state index contributed by atoms with van der Waals surface area (Å²) in [7, 11) is 1.71. The van der Waals surface area contributed by atoms with Crippen LogP contribution in [0.4, 0.5) is 0 Å². The lowest BCUT2D eigenvalue weighted by Gasteiger charge is -2.26. The zero-order valence-electron chi connectivity index (χ0n) is 12.2. The maximum absolute atomic E-state index is 5.43. The van der Waals surface area contributed by atoms with Crippen molar-refractivity contribution in [2.24, 2.45) is 11.8 Å². The van der Waals surface area contributed by atoms with E-state index < -0.39 is 0 Å². The van der Waals surface area contributed by atoms with E-state index in [0.717, 1.165) is 38.0 Å². The second-order valence-corrected chi connectivity index (χ2v) is 5.64. The van der Waals surface area contributed by atoms with Crippen LogP contribution in [-0.2, 0) is 9.47 Å². The van der Waals surface area contributed by atoms with Crippen LogP contribution >= 0.6 is 0 Å². The van der Waals surface area contributed by atoms with E-state index in [0.29, 0.717) is 6.61 Å². The quantitative estimate of drug-likeness (QED) is 0.610. The Hall–Kier alpha value is -0.120. The number of hydrogen-bond donors (Lipinski definition) is 1. The molecule has 3 heteroatoms. The summed E-state index contributed by atoms with van der Waals surface area (Å²) in [4.78, 5) is 0. The number of ether oxygens (including phenoxy) is 2. The fraction of sp³-hybridized carbons (Fsp3) is 1.00. The molecule has 18 heavy (non-hydrogen) atoms. The van der Waals surface area contributed by atoms with Crippen molar-refractivity contribution < 1.29 is 9.47 Å². The number of rotatable bonds is 10. The van der Waals surface area contributed by atoms with Crippen molar-refractivity contribution in [2.45, 2.75) is 45.4 Å². The molecule has 1 aliphatic rings. The van der Waals surface area contributed by atoms with Gasteiger partial charge in [0.2, 0.25) is 0 Å². The summed E-state index contributed by atoms with van der Waals surface area (Å²) in [5.74, 6) is 1.89. The monoisotopic (exact) mass is 257 g/mol. The molecule has 0 aliphatic heterocycles. The largest absolute Gasteiger partial charge is 0.382 e. The summed E-state index contributed by atoms with van der Waals surface area (Å²) in [5.41, 5.74) is 0. The van der Waals surface area contributed by atoms with Crippen LogP contribution in [0.15, 0.2) is 0 Å². The van der Waals surface area contributed by atoms with E-state index in [1.807, 2.05) is 0 Å². The summed E-state index contributed by atoms with van der Waals surface area (Å²) in [5, 5.41) is 3.59. The Balaban J connectivity index is 1.78. The minimum Gasteiger partial charge on any atom is -0.382 e. The third kappa shape index (κ3) is 8.06. The molecular formula is C15H31NO2. The Morgan fingerprint density at radius 3 is 2.50 bits per heavy atom. The van der Waals surface area contributed by atoms with Crippen molar-refractivity contribution in [3.8, 4) is 0 Å². The van der Waals surface area contributed by atoms with Gasteiger partial charge in [0.1, 0.15) is 0 Å². The van der Waals surface area contributed by atoms with Gasteiger partial charge >= 0.3 is 0 Å². The molecule has 1 rings (SSSR count). The molecule has 1 fully saturated rings. The van der Waals surface area contributed by atoms with Crippen LogP contribution in [-0.4, -0.2) is 40.0 Å². The smallest absolute Gasteiger partial charge is 0.0700 e. The molecule has 1 saturated carbocycles. The van der Waals surface area contributed by atoms with E-state index in [9.17, 15) is 0 Å². The molecule has 0 aromatic heterocycles. The van der Waals surface area contributed by atoms with Crippen LogP contribution in [0.25, 0.3) is 0 Å². The van der Waals surface area contributed by atoms with Crippen LogP contribution < -0.4 is 5.32 Å². The first-order chi connectivity index (χ1) is 8.83. The fourth-order valence-corrected chi connectivity index (χ4v) is 2.54. The summed E-state index contributed by atoms with van der Waals surface area (Å²) in [6, 6.07) is 0. The number of hydrogen-bond acceptors (Lipinski definition) is 3. The molecule has 0 saturated heterocycles. The van der Waals surface area contributed by atoms with Gasteiger partial charge < -0.3 is 14.8 Å². The van der Waals surface area contributed by atoms with E-state index >= 15 is 0 Å². The second kappa shape index (κ2) is 10.8. The minimum absolute atomic E-state index is 0.707. The molecule has 0 radical (unpaired) electrons. The second-order valence-electron chi connectivity index (χ2n) is 5.64. The fourth-order valence-electron chi connectivity index (χ4n) is 2.54. The average Bonchev–Trinajstić information content (AvgIpc) is 2.39. The van der Waals surface area contributed by atoms with Crippen LogP contribution in [0.2, 0.25) is 0 Å². The third-order valence-electron chi connectivity index (χ3n) is 3.89. The van der Waals surface area contributed by atoms with E-state index in [1.165, 1.54) is 38.6 Å². The Kier molecular flexibility index (Phi) is 9.54. The summed E-state index contributed by atoms with van der Waals surface area (Å²) >= 11 is 0. The highest BCUT2D eigenvalue weighted by Crippen LogP contribution is 2.27. The molecule has 1 aliphatic carbocycles. The van der Waals surface area contributed by atoms with Gasteiger partial charge in [0.15, 0.2) is 0 Å². The van der Waals surface area contributed by atoms with E-state index in [-0.39, 0.29) is 0 Å². The standard InChI is InChI=1S/C15H31NO2/c1-14-5-7-15(8-6-14)13-16-9-3-4-10-18-12-11-17-2/h14-16H,3-13H2,1-2H3. The Labute approximate surface area is 113 Å². The highest BCUT2D eigenvalue weighted by atomic mass is 16.5. The number of methoxy groups -OCH3 is 1. The highest BCUT2D eigenvalue weighted by Gasteiger charge is 2.17. The lowest BCUT2D eigenvalue weighted by molar-refractivity contribution is 0.0688. The first-order valence-corrected chi connectivity index (χ1v) is 7.60. The van der Waals surface area contributed by atoms with Gasteiger partial charge in [-0.25, -0.2) is 0 Å². The minimum atomic E-state index is 0.707. The molecule has 0 atom stereocenters. The summed E-state index contributed by atoms with van der Waals surface area (Å²) in [6.45, 7) is 7.04. The molecule has 0 amide bonds. The van der Waals surface area contributed by atoms with Gasteiger partial charge in [-0.3, -0.25) is 0 Å². The molecule has 0 aromatic carbocycles. The van der Waals surface area contributed by atoms with Gasteiger partial charge in [-0.1, -0.05) is 19.8 Å². The topological polar surface area (TPSA) is 30.5 Å². The lowest BCUT2D eigenvalue weighted by atomic mass is 9.83. The molecule has 0 bridgehead atoms. The van der Waals surface area contributed by atoms with E-state index in [4.69, 9.17) is 9.47 Å². The van der Waals surface area contributed by atoms with Crippen molar-refractivity contribution in [3.63, 3.8) is 0 Å². The maximum atomic E-state index is 5.43. The SMILES string of the molecule is COCCOCCCCNCC1CCC(C)CC1. The van der Waals surface area contributed by atoms with Crippen molar-refractivity contribution in [1.29, 1.82) is 0 Å². The highest BCUT2D eigenvalue weighted by molar-refractivity contribution is 4.71. The van der Waals surface area contributed by atoms with Crippen molar-refractivity contribution in [2.75, 3.05) is 40.0 Å². The average molecular weight is 257 g/mol. The molecule has 108 valence electrons. The van der Waals surface area contributed by atoms with Crippen LogP contribution in [0.1, 0.15) is 45.4 Å². The molecule has 1 N–H and O–H groups in total. The molecule has 0 aromatic rings. The zero-order valence-corrected chi connectivity index (χ0v) is 12.2. The molecule has 0 heterocycles. The number of nitrogens with one attached hydrogen (secondary N) is 1. The summed E-state index contributed by atoms with van der Waals surface area (Å²) < 4.78 is 10.4. The summed E-state index contributed by atoms with van der Waals surface area (Å²) in [6.07, 6.45) is 8.08. The normalized spacial score (nSPS) is 24.3. The van der Waals surface area contributed by atoms with Gasteiger partial charge in [-0.15, -0.1) is 0 Å². The molecule has 3 nitrogen and oxygen atoms in total. The van der Waals surface area contributed by atoms with Crippen molar-refractivity contribution in [1.82, 2.24) is 5.32 Å². The van der Waals surface area contributed by atoms with Crippen molar-refractivity contribution in [3.05, 3.63) is 0 Å². The van der Waals surface area contributed by atoms with E-state index in [1.54, 1.807) is 7.11 Å². The lowest BCUT2D eigenvalue weighted by Crippen LogP contribution is -2.26. The van der Waals surface area contributed by atoms with Crippen LogP contribution in [0.3, 0.4) is 0 Å². The molecule has 0 unspecified atom stereocenters. The van der Waals surface area contributed by atoms with Crippen molar-refractivity contribution >= 4 is 0 Å². The first-order valence-electron chi connectivity index (χ1n) is 7.60. The maximum Gasteiger partial charge on any atom is 0.0700 e. The molecule has 0 spiro atoms. The predicted molar refractivity (Wildman–Crippen MR) is 75.9 cm³/mol. The molecular weight excluding hydrogens is 226 g/mol. The Bertz CT molecular complexity index is 179. The zero-order chi connectivity index (χ0) is 13.1. The van der Waals surface area contributed by atoms with Gasteiger partial charge in [-0.05, 0) is 50.6 Å². The van der Waals surface area contributed by atoms with Crippen LogP contribution in [0, 0.1) is 11.8 Å². The van der Waals surface area contributed by atoms with Crippen LogP contribution in [0.5, 0.6) is 0 Å². The Morgan fingerprint density at radius 2 is 1.78 bits per heavy atom. The number of unbranched alkanes of at least 4 members (excludes halogenated alkanes) is 1. The predicted octanol–water partition coefficient (Wildman–Crippen LogP) is 2.85. The van der Waals surface area contributed by atoms with E-state index in [2.05, 4.69) is 12.2 Å². The van der Waals surface area contributed by atoms with Gasteiger partial charge in [-0.2, -0.15) is 0 Å². The first kappa shape index (κ1) is 15.9. The van der Waals surface area contributed by atoms with Gasteiger partial charge in [0, 0.05) is 13.7 Å².